The van der Waals surface area contributed by atoms with E-state index < -0.39 is 0 Å². The molecule has 3 nitrogen and oxygen atoms in total. The van der Waals surface area contributed by atoms with Crippen LogP contribution < -0.4 is 5.32 Å². The summed E-state index contributed by atoms with van der Waals surface area (Å²) in [5.41, 5.74) is 2.29. The van der Waals surface area contributed by atoms with Gasteiger partial charge in [-0.1, -0.05) is 13.0 Å². The van der Waals surface area contributed by atoms with Gasteiger partial charge in [-0.05, 0) is 34.0 Å². The minimum Gasteiger partial charge on any atom is -0.506 e. The molecule has 2 rings (SSSR count). The number of halogens is 1. The van der Waals surface area contributed by atoms with Crippen LogP contribution in [0.5, 0.6) is 5.75 Å². The Morgan fingerprint density at radius 3 is 2.71 bits per heavy atom. The first-order valence-corrected chi connectivity index (χ1v) is 6.93. The fraction of sp³-hybridized carbons (Fsp3) is 0.538. The van der Waals surface area contributed by atoms with Gasteiger partial charge in [-0.15, -0.1) is 0 Å². The third kappa shape index (κ3) is 3.21. The van der Waals surface area contributed by atoms with Crippen LogP contribution in [0.3, 0.4) is 0 Å². The van der Waals surface area contributed by atoms with E-state index in [1.807, 2.05) is 6.07 Å². The lowest BCUT2D eigenvalue weighted by Crippen LogP contribution is -2.42. The molecule has 2 N–H and O–H groups in total. The van der Waals surface area contributed by atoms with E-state index in [1.54, 1.807) is 0 Å². The maximum Gasteiger partial charge on any atom is 0.134 e. The Balaban J connectivity index is 2.15. The molecule has 0 bridgehead atoms. The standard InChI is InChI=1S/C13H19BrN2O/c1-2-10-7-11(13(17)12(14)8-10)9-16-5-3-15-4-6-16/h7-8,15,17H,2-6,9H2,1H3. The molecular weight excluding hydrogens is 280 g/mol. The molecule has 0 amide bonds. The van der Waals surface area contributed by atoms with Crippen LogP contribution in [0, 0.1) is 0 Å². The van der Waals surface area contributed by atoms with E-state index in [0.717, 1.165) is 49.2 Å². The Labute approximate surface area is 111 Å². The van der Waals surface area contributed by atoms with E-state index in [4.69, 9.17) is 0 Å². The number of aromatic hydroxyl groups is 1. The highest BCUT2D eigenvalue weighted by Crippen LogP contribution is 2.30. The van der Waals surface area contributed by atoms with Crippen molar-refractivity contribution >= 4 is 15.9 Å². The number of phenolic OH excluding ortho intramolecular Hbond substituents is 1. The summed E-state index contributed by atoms with van der Waals surface area (Å²) in [6.07, 6.45) is 0.993. The van der Waals surface area contributed by atoms with Gasteiger partial charge in [0.15, 0.2) is 0 Å². The second-order valence-corrected chi connectivity index (χ2v) is 5.32. The van der Waals surface area contributed by atoms with Crippen LogP contribution in [0.25, 0.3) is 0 Å². The van der Waals surface area contributed by atoms with E-state index in [2.05, 4.69) is 39.1 Å². The van der Waals surface area contributed by atoms with E-state index >= 15 is 0 Å². The van der Waals surface area contributed by atoms with Gasteiger partial charge < -0.3 is 10.4 Å². The SMILES string of the molecule is CCc1cc(Br)c(O)c(CN2CCNCC2)c1. The molecule has 4 heteroatoms. The summed E-state index contributed by atoms with van der Waals surface area (Å²) in [7, 11) is 0. The van der Waals surface area contributed by atoms with Crippen molar-refractivity contribution in [2.75, 3.05) is 26.2 Å². The van der Waals surface area contributed by atoms with Crippen molar-refractivity contribution in [1.82, 2.24) is 10.2 Å². The lowest BCUT2D eigenvalue weighted by molar-refractivity contribution is 0.230. The van der Waals surface area contributed by atoms with Gasteiger partial charge in [0.1, 0.15) is 5.75 Å². The number of phenols is 1. The molecule has 1 aromatic rings. The molecule has 1 aliphatic rings. The molecule has 1 aliphatic heterocycles. The predicted octanol–water partition coefficient (Wildman–Crippen LogP) is 2.12. The third-order valence-electron chi connectivity index (χ3n) is 3.21. The van der Waals surface area contributed by atoms with Gasteiger partial charge in [-0.3, -0.25) is 4.90 Å². The molecule has 0 spiro atoms. The van der Waals surface area contributed by atoms with Gasteiger partial charge in [0, 0.05) is 38.3 Å². The molecule has 0 atom stereocenters. The molecule has 17 heavy (non-hydrogen) atoms. The van der Waals surface area contributed by atoms with Crippen LogP contribution in [0.2, 0.25) is 0 Å². The average Bonchev–Trinajstić information content (AvgIpc) is 2.36. The van der Waals surface area contributed by atoms with Gasteiger partial charge in [0.05, 0.1) is 4.47 Å². The van der Waals surface area contributed by atoms with Crippen LogP contribution in [0.15, 0.2) is 16.6 Å². The number of piperazine rings is 1. The Morgan fingerprint density at radius 2 is 2.06 bits per heavy atom. The molecule has 0 aliphatic carbocycles. The molecule has 1 aromatic carbocycles. The molecular formula is C13H19BrN2O. The Morgan fingerprint density at radius 1 is 1.35 bits per heavy atom. The largest absolute Gasteiger partial charge is 0.506 e. The van der Waals surface area contributed by atoms with Crippen molar-refractivity contribution < 1.29 is 5.11 Å². The first-order valence-electron chi connectivity index (χ1n) is 6.14. The summed E-state index contributed by atoms with van der Waals surface area (Å²) >= 11 is 3.42. The number of aryl methyl sites for hydroxylation is 1. The fourth-order valence-corrected chi connectivity index (χ4v) is 2.70. The third-order valence-corrected chi connectivity index (χ3v) is 3.82. The van der Waals surface area contributed by atoms with Crippen molar-refractivity contribution in [2.24, 2.45) is 0 Å². The normalized spacial score (nSPS) is 17.3. The Kier molecular flexibility index (Phi) is 4.42. The summed E-state index contributed by atoms with van der Waals surface area (Å²) in [5.74, 6) is 0.390. The number of hydrogen-bond acceptors (Lipinski definition) is 3. The molecule has 0 radical (unpaired) electrons. The molecule has 1 fully saturated rings. The molecule has 1 heterocycles. The van der Waals surface area contributed by atoms with Crippen LogP contribution in [0.1, 0.15) is 18.1 Å². The number of hydrogen-bond donors (Lipinski definition) is 2. The Bertz CT molecular complexity index is 389. The minimum absolute atomic E-state index is 0.390. The van der Waals surface area contributed by atoms with Gasteiger partial charge in [0.25, 0.3) is 0 Å². The summed E-state index contributed by atoms with van der Waals surface area (Å²) < 4.78 is 0.807. The molecule has 94 valence electrons. The topological polar surface area (TPSA) is 35.5 Å². The van der Waals surface area contributed by atoms with E-state index in [0.29, 0.717) is 5.75 Å². The highest BCUT2D eigenvalue weighted by molar-refractivity contribution is 9.10. The number of nitrogens with one attached hydrogen (secondary N) is 1. The van der Waals surface area contributed by atoms with Crippen LogP contribution >= 0.6 is 15.9 Å². The van der Waals surface area contributed by atoms with Crippen molar-refractivity contribution in [3.63, 3.8) is 0 Å². The zero-order valence-electron chi connectivity index (χ0n) is 10.2. The van der Waals surface area contributed by atoms with E-state index in [1.165, 1.54) is 5.56 Å². The van der Waals surface area contributed by atoms with Gasteiger partial charge in [-0.2, -0.15) is 0 Å². The van der Waals surface area contributed by atoms with Crippen LogP contribution in [0.4, 0.5) is 0 Å². The quantitative estimate of drug-likeness (QED) is 0.897. The van der Waals surface area contributed by atoms with Gasteiger partial charge in [-0.25, -0.2) is 0 Å². The van der Waals surface area contributed by atoms with Crippen molar-refractivity contribution in [3.05, 3.63) is 27.7 Å². The van der Waals surface area contributed by atoms with E-state index in [-0.39, 0.29) is 0 Å². The van der Waals surface area contributed by atoms with Crippen LogP contribution in [-0.2, 0) is 13.0 Å². The lowest BCUT2D eigenvalue weighted by atomic mass is 10.1. The highest BCUT2D eigenvalue weighted by atomic mass is 79.9. The minimum atomic E-state index is 0.390. The molecule has 0 unspecified atom stereocenters. The zero-order valence-corrected chi connectivity index (χ0v) is 11.8. The first kappa shape index (κ1) is 12.9. The molecule has 0 aromatic heterocycles. The number of benzene rings is 1. The smallest absolute Gasteiger partial charge is 0.134 e. The lowest BCUT2D eigenvalue weighted by Gasteiger charge is -2.27. The second kappa shape index (κ2) is 5.85. The monoisotopic (exact) mass is 298 g/mol. The second-order valence-electron chi connectivity index (χ2n) is 4.47. The summed E-state index contributed by atoms with van der Waals surface area (Å²) in [6.45, 7) is 7.14. The Hall–Kier alpha value is -0.580. The average molecular weight is 299 g/mol. The summed E-state index contributed by atoms with van der Waals surface area (Å²) in [6, 6.07) is 4.11. The highest BCUT2D eigenvalue weighted by Gasteiger charge is 2.14. The van der Waals surface area contributed by atoms with Crippen molar-refractivity contribution in [3.8, 4) is 5.75 Å². The fourth-order valence-electron chi connectivity index (χ4n) is 2.15. The number of nitrogens with zero attached hydrogens (tertiary/aromatic N) is 1. The first-order chi connectivity index (χ1) is 8.20. The molecule has 1 saturated heterocycles. The van der Waals surface area contributed by atoms with Crippen LogP contribution in [-0.4, -0.2) is 36.2 Å². The summed E-state index contributed by atoms with van der Waals surface area (Å²) in [5, 5.41) is 13.4. The number of rotatable bonds is 3. The van der Waals surface area contributed by atoms with Gasteiger partial charge in [0.2, 0.25) is 0 Å². The predicted molar refractivity (Wildman–Crippen MR) is 73.3 cm³/mol. The van der Waals surface area contributed by atoms with Crippen molar-refractivity contribution in [1.29, 1.82) is 0 Å². The maximum atomic E-state index is 10.1. The molecule has 0 saturated carbocycles. The maximum absolute atomic E-state index is 10.1. The zero-order chi connectivity index (χ0) is 12.3. The van der Waals surface area contributed by atoms with Gasteiger partial charge >= 0.3 is 0 Å². The van der Waals surface area contributed by atoms with Crippen molar-refractivity contribution in [2.45, 2.75) is 19.9 Å². The van der Waals surface area contributed by atoms with E-state index in [9.17, 15) is 5.11 Å². The summed E-state index contributed by atoms with van der Waals surface area (Å²) in [4.78, 5) is 2.37.